The molecular formula is C29H34F4N2O2. The van der Waals surface area contributed by atoms with Gasteiger partial charge >= 0.3 is 0 Å². The van der Waals surface area contributed by atoms with Gasteiger partial charge in [-0.1, -0.05) is 18.2 Å². The van der Waals surface area contributed by atoms with Crippen LogP contribution in [0.4, 0.5) is 17.6 Å². The van der Waals surface area contributed by atoms with Gasteiger partial charge in [0.05, 0.1) is 18.6 Å². The monoisotopic (exact) mass is 518 g/mol. The predicted molar refractivity (Wildman–Crippen MR) is 134 cm³/mol. The maximum atomic E-state index is 15.0. The lowest BCUT2D eigenvalue weighted by molar-refractivity contribution is -0.156. The second-order valence-corrected chi connectivity index (χ2v) is 10.9. The number of carbonyl (C=O) groups is 1. The summed E-state index contributed by atoms with van der Waals surface area (Å²) in [6.07, 6.45) is 3.08. The van der Waals surface area contributed by atoms with Gasteiger partial charge in [-0.3, -0.25) is 4.79 Å². The summed E-state index contributed by atoms with van der Waals surface area (Å²) in [4.78, 5) is 15.4. The number of halogens is 4. The molecule has 2 atom stereocenters. The minimum atomic E-state index is -3.05. The van der Waals surface area contributed by atoms with Crippen LogP contribution in [-0.4, -0.2) is 55.1 Å². The van der Waals surface area contributed by atoms with Crippen LogP contribution in [0.2, 0.25) is 0 Å². The van der Waals surface area contributed by atoms with Crippen molar-refractivity contribution >= 4 is 5.91 Å². The van der Waals surface area contributed by atoms with Gasteiger partial charge in [0.15, 0.2) is 0 Å². The number of benzene rings is 2. The first kappa shape index (κ1) is 26.2. The van der Waals surface area contributed by atoms with E-state index in [1.54, 1.807) is 18.2 Å². The zero-order valence-electron chi connectivity index (χ0n) is 21.1. The van der Waals surface area contributed by atoms with Gasteiger partial charge in [0, 0.05) is 25.6 Å². The van der Waals surface area contributed by atoms with E-state index in [-0.39, 0.29) is 24.9 Å². The number of likely N-dealkylation sites (tertiary alicyclic amines) is 1. The molecule has 2 aliphatic carbocycles. The molecule has 2 aromatic carbocycles. The van der Waals surface area contributed by atoms with E-state index in [1.807, 2.05) is 7.05 Å². The van der Waals surface area contributed by atoms with E-state index in [2.05, 4.69) is 10.2 Å². The molecule has 0 radical (unpaired) electrons. The molecule has 2 saturated carbocycles. The van der Waals surface area contributed by atoms with E-state index in [0.29, 0.717) is 29.5 Å². The summed E-state index contributed by atoms with van der Waals surface area (Å²) in [7, 11) is 2.03. The van der Waals surface area contributed by atoms with Crippen LogP contribution in [0.15, 0.2) is 36.4 Å². The van der Waals surface area contributed by atoms with E-state index in [4.69, 9.17) is 4.74 Å². The molecule has 2 aromatic rings. The van der Waals surface area contributed by atoms with Crippen molar-refractivity contribution < 1.29 is 27.1 Å². The van der Waals surface area contributed by atoms with Crippen molar-refractivity contribution in [1.29, 1.82) is 0 Å². The third-order valence-electron chi connectivity index (χ3n) is 7.88. The summed E-state index contributed by atoms with van der Waals surface area (Å²) >= 11 is 0. The number of nitrogens with zero attached hydrogens (tertiary/aromatic N) is 1. The predicted octanol–water partition coefficient (Wildman–Crippen LogP) is 5.84. The van der Waals surface area contributed by atoms with Crippen molar-refractivity contribution in [3.8, 4) is 11.1 Å². The highest BCUT2D eigenvalue weighted by Crippen LogP contribution is 2.46. The van der Waals surface area contributed by atoms with Crippen LogP contribution in [0.5, 0.6) is 0 Å². The zero-order valence-corrected chi connectivity index (χ0v) is 21.1. The molecule has 1 N–H and O–H groups in total. The second kappa shape index (κ2) is 10.7. The van der Waals surface area contributed by atoms with Gasteiger partial charge in [-0.2, -0.15) is 0 Å². The SMILES string of the molecule is CN1CCC(O[C@H]2CCCC(F)(F)[C@@H]2NC(=O)Cc2cccc(-c3cc(F)cc(F)c3)c2C2CC2)CC1. The van der Waals surface area contributed by atoms with Crippen molar-refractivity contribution in [1.82, 2.24) is 10.2 Å². The number of amides is 1. The molecule has 8 heteroatoms. The number of carbonyl (C=O) groups excluding carboxylic acids is 1. The first-order valence-corrected chi connectivity index (χ1v) is 13.3. The molecular weight excluding hydrogens is 484 g/mol. The maximum Gasteiger partial charge on any atom is 0.270 e. The molecule has 1 heterocycles. The van der Waals surface area contributed by atoms with Crippen molar-refractivity contribution in [2.75, 3.05) is 20.1 Å². The fourth-order valence-corrected chi connectivity index (χ4v) is 5.83. The summed E-state index contributed by atoms with van der Waals surface area (Å²) in [6, 6.07) is 7.35. The van der Waals surface area contributed by atoms with Crippen LogP contribution in [0.25, 0.3) is 11.1 Å². The van der Waals surface area contributed by atoms with E-state index in [0.717, 1.165) is 50.4 Å². The first-order valence-electron chi connectivity index (χ1n) is 13.3. The van der Waals surface area contributed by atoms with Crippen LogP contribution < -0.4 is 5.32 Å². The third-order valence-corrected chi connectivity index (χ3v) is 7.88. The zero-order chi connectivity index (χ0) is 26.2. The van der Waals surface area contributed by atoms with Gasteiger partial charge in [0.2, 0.25) is 5.91 Å². The molecule has 0 aromatic heterocycles. The van der Waals surface area contributed by atoms with Crippen LogP contribution in [-0.2, 0) is 16.0 Å². The van der Waals surface area contributed by atoms with E-state index in [9.17, 15) is 13.6 Å². The van der Waals surface area contributed by atoms with Crippen molar-refractivity contribution in [2.24, 2.45) is 0 Å². The number of hydrogen-bond acceptors (Lipinski definition) is 3. The average molecular weight is 519 g/mol. The Labute approximate surface area is 215 Å². The molecule has 200 valence electrons. The molecule has 1 saturated heterocycles. The normalized spacial score (nSPS) is 24.7. The van der Waals surface area contributed by atoms with Gasteiger partial charge in [-0.25, -0.2) is 17.6 Å². The van der Waals surface area contributed by atoms with Gasteiger partial charge in [0.1, 0.15) is 17.7 Å². The summed E-state index contributed by atoms with van der Waals surface area (Å²) < 4.78 is 64.1. The first-order chi connectivity index (χ1) is 17.7. The quantitative estimate of drug-likeness (QED) is 0.469. The summed E-state index contributed by atoms with van der Waals surface area (Å²) in [5, 5.41) is 2.63. The van der Waals surface area contributed by atoms with Gasteiger partial charge < -0.3 is 15.0 Å². The Kier molecular flexibility index (Phi) is 7.59. The number of hydrogen-bond donors (Lipinski definition) is 1. The smallest absolute Gasteiger partial charge is 0.270 e. The highest BCUT2D eigenvalue weighted by molar-refractivity contribution is 5.81. The van der Waals surface area contributed by atoms with Crippen molar-refractivity contribution in [3.05, 3.63) is 59.2 Å². The Morgan fingerprint density at radius 1 is 1.05 bits per heavy atom. The molecule has 3 fully saturated rings. The number of rotatable bonds is 7. The number of ether oxygens (including phenoxy) is 1. The third kappa shape index (κ3) is 6.17. The Balaban J connectivity index is 1.34. The molecule has 0 unspecified atom stereocenters. The number of piperidine rings is 1. The van der Waals surface area contributed by atoms with Crippen LogP contribution in [0.1, 0.15) is 62.0 Å². The second-order valence-electron chi connectivity index (χ2n) is 10.9. The topological polar surface area (TPSA) is 41.6 Å². The summed E-state index contributed by atoms with van der Waals surface area (Å²) in [6.45, 7) is 1.72. The lowest BCUT2D eigenvalue weighted by Crippen LogP contribution is -2.58. The summed E-state index contributed by atoms with van der Waals surface area (Å²) in [5.41, 5.74) is 2.66. The van der Waals surface area contributed by atoms with Crippen LogP contribution in [0.3, 0.4) is 0 Å². The molecule has 5 rings (SSSR count). The highest BCUT2D eigenvalue weighted by Gasteiger charge is 2.49. The molecule has 1 amide bonds. The largest absolute Gasteiger partial charge is 0.373 e. The van der Waals surface area contributed by atoms with Gasteiger partial charge in [-0.05, 0) is 85.9 Å². The number of alkyl halides is 2. The number of nitrogens with one attached hydrogen (secondary N) is 1. The fraction of sp³-hybridized carbons (Fsp3) is 0.552. The minimum absolute atomic E-state index is 0.0784. The van der Waals surface area contributed by atoms with Gasteiger partial charge in [-0.15, -0.1) is 0 Å². The molecule has 0 bridgehead atoms. The molecule has 0 spiro atoms. The van der Waals surface area contributed by atoms with Crippen LogP contribution >= 0.6 is 0 Å². The Morgan fingerprint density at radius 3 is 2.43 bits per heavy atom. The lowest BCUT2D eigenvalue weighted by atomic mass is 9.87. The lowest BCUT2D eigenvalue weighted by Gasteiger charge is -2.41. The van der Waals surface area contributed by atoms with E-state index >= 15 is 8.78 Å². The van der Waals surface area contributed by atoms with Crippen LogP contribution in [0, 0.1) is 11.6 Å². The Morgan fingerprint density at radius 2 is 1.76 bits per heavy atom. The molecule has 37 heavy (non-hydrogen) atoms. The molecule has 4 nitrogen and oxygen atoms in total. The minimum Gasteiger partial charge on any atom is -0.373 e. The van der Waals surface area contributed by atoms with Gasteiger partial charge in [0.25, 0.3) is 5.92 Å². The Hall–Kier alpha value is -2.45. The maximum absolute atomic E-state index is 15.0. The molecule has 3 aliphatic rings. The average Bonchev–Trinajstić information content (AvgIpc) is 3.67. The van der Waals surface area contributed by atoms with E-state index < -0.39 is 35.6 Å². The molecule has 1 aliphatic heterocycles. The van der Waals surface area contributed by atoms with E-state index in [1.165, 1.54) is 12.1 Å². The standard InChI is InChI=1S/C29H34F4N2O2/c1-35-12-9-23(10-13-35)37-25-6-3-11-29(32,33)28(25)34-26(36)16-19-4-2-5-24(27(19)18-7-8-18)20-14-21(30)17-22(31)15-20/h2,4-5,14-15,17-18,23,25,28H,3,6-13,16H2,1H3,(H,34,36)/t25-,28+/m0/s1. The summed E-state index contributed by atoms with van der Waals surface area (Å²) in [5.74, 6) is -4.70. The fourth-order valence-electron chi connectivity index (χ4n) is 5.83. The van der Waals surface area contributed by atoms with Crippen molar-refractivity contribution in [3.63, 3.8) is 0 Å². The Bertz CT molecular complexity index is 1110. The highest BCUT2D eigenvalue weighted by atomic mass is 19.3. The van der Waals surface area contributed by atoms with Crippen molar-refractivity contribution in [2.45, 2.75) is 81.5 Å².